The van der Waals surface area contributed by atoms with Crippen LogP contribution in [-0.2, 0) is 14.4 Å². The monoisotopic (exact) mass is 362 g/mol. The van der Waals surface area contributed by atoms with Crippen LogP contribution in [0.4, 0.5) is 5.69 Å². The molecule has 6 nitrogen and oxygen atoms in total. The minimum absolute atomic E-state index is 0.0515. The molecule has 0 fully saturated rings. The molecule has 96 valence electrons. The minimum Gasteiger partial charge on any atom is -0.366 e. The van der Waals surface area contributed by atoms with Gasteiger partial charge in [0.1, 0.15) is 0 Å². The molecule has 0 saturated heterocycles. The van der Waals surface area contributed by atoms with Crippen LogP contribution in [0, 0.1) is 3.57 Å². The van der Waals surface area contributed by atoms with Crippen LogP contribution >= 0.6 is 22.6 Å². The number of ketones is 1. The smallest absolute Gasteiger partial charge is 0.366 e. The fraction of sp³-hybridized carbons (Fsp3) is 0.182. The fourth-order valence-electron chi connectivity index (χ4n) is 1.11. The first-order valence-electron chi connectivity index (χ1n) is 5.05. The van der Waals surface area contributed by atoms with Gasteiger partial charge in [0.05, 0.1) is 11.3 Å². The second-order valence-corrected chi connectivity index (χ2v) is 4.57. The van der Waals surface area contributed by atoms with Crippen molar-refractivity contribution in [3.8, 4) is 0 Å². The topological polar surface area (TPSA) is 98.5 Å². The number of hydrogen-bond acceptors (Lipinski definition) is 5. The third-order valence-electron chi connectivity index (χ3n) is 2.05. The first-order valence-corrected chi connectivity index (χ1v) is 6.13. The van der Waals surface area contributed by atoms with Crippen LogP contribution in [0.1, 0.15) is 23.7 Å². The minimum atomic E-state index is -1.01. The first-order chi connectivity index (χ1) is 8.45. The second-order valence-electron chi connectivity index (χ2n) is 3.32. The molecular weight excluding hydrogens is 351 g/mol. The van der Waals surface area contributed by atoms with Crippen molar-refractivity contribution in [2.45, 2.75) is 13.3 Å². The van der Waals surface area contributed by atoms with E-state index < -0.39 is 17.7 Å². The molecule has 0 aromatic heterocycles. The zero-order chi connectivity index (χ0) is 13.7. The highest BCUT2D eigenvalue weighted by Gasteiger charge is 2.15. The Labute approximate surface area is 117 Å². The summed E-state index contributed by atoms with van der Waals surface area (Å²) in [6, 6.07) is 4.77. The van der Waals surface area contributed by atoms with Crippen molar-refractivity contribution in [1.82, 2.24) is 0 Å². The van der Waals surface area contributed by atoms with E-state index in [1.54, 1.807) is 19.1 Å². The van der Waals surface area contributed by atoms with Crippen LogP contribution in [0.2, 0.25) is 0 Å². The number of amides is 1. The Kier molecular flexibility index (Phi) is 5.08. The van der Waals surface area contributed by atoms with Gasteiger partial charge in [-0.15, -0.1) is 0 Å². The third-order valence-corrected chi connectivity index (χ3v) is 2.72. The van der Waals surface area contributed by atoms with Crippen LogP contribution < -0.4 is 11.2 Å². The molecule has 1 aromatic carbocycles. The number of benzene rings is 1. The third kappa shape index (κ3) is 3.69. The quantitative estimate of drug-likeness (QED) is 0.467. The predicted molar refractivity (Wildman–Crippen MR) is 72.7 cm³/mol. The average molecular weight is 362 g/mol. The standard InChI is InChI=1S/C11H11IN2O4/c1-2-9(15)11(17)18-14-8-4-3-6(12)5-7(8)10(13)16/h3-5,14H,2H2,1H3,(H2,13,16). The number of nitrogens with one attached hydrogen (secondary N) is 1. The molecule has 0 radical (unpaired) electrons. The predicted octanol–water partition coefficient (Wildman–Crippen LogP) is 1.24. The van der Waals surface area contributed by atoms with Gasteiger partial charge in [-0.25, -0.2) is 10.3 Å². The summed E-state index contributed by atoms with van der Waals surface area (Å²) in [5, 5.41) is 0. The van der Waals surface area contributed by atoms with Crippen molar-refractivity contribution in [3.05, 3.63) is 27.3 Å². The lowest BCUT2D eigenvalue weighted by Gasteiger charge is -2.09. The molecule has 1 rings (SSSR count). The summed E-state index contributed by atoms with van der Waals surface area (Å²) in [6.07, 6.45) is 0.0515. The molecule has 1 amide bonds. The summed E-state index contributed by atoms with van der Waals surface area (Å²) in [6.45, 7) is 1.54. The van der Waals surface area contributed by atoms with E-state index in [4.69, 9.17) is 5.73 Å². The zero-order valence-electron chi connectivity index (χ0n) is 9.53. The lowest BCUT2D eigenvalue weighted by atomic mass is 10.2. The summed E-state index contributed by atoms with van der Waals surface area (Å²) in [5.74, 6) is -2.33. The van der Waals surface area contributed by atoms with Crippen molar-refractivity contribution in [1.29, 1.82) is 0 Å². The van der Waals surface area contributed by atoms with Gasteiger partial charge in [0.2, 0.25) is 5.78 Å². The van der Waals surface area contributed by atoms with Crippen molar-refractivity contribution < 1.29 is 19.2 Å². The molecular formula is C11H11IN2O4. The highest BCUT2D eigenvalue weighted by atomic mass is 127. The van der Waals surface area contributed by atoms with Gasteiger partial charge in [0.15, 0.2) is 0 Å². The number of primary amides is 1. The Balaban J connectivity index is 2.82. The molecule has 18 heavy (non-hydrogen) atoms. The van der Waals surface area contributed by atoms with E-state index in [2.05, 4.69) is 10.3 Å². The fourth-order valence-corrected chi connectivity index (χ4v) is 1.60. The molecule has 0 heterocycles. The molecule has 0 saturated carbocycles. The van der Waals surface area contributed by atoms with Crippen molar-refractivity contribution in [2.24, 2.45) is 5.73 Å². The molecule has 1 aromatic rings. The van der Waals surface area contributed by atoms with Crippen LogP contribution in [0.5, 0.6) is 0 Å². The maximum absolute atomic E-state index is 11.2. The van der Waals surface area contributed by atoms with Gasteiger partial charge < -0.3 is 10.6 Å². The number of carbonyl (C=O) groups is 3. The number of hydrogen-bond donors (Lipinski definition) is 2. The van der Waals surface area contributed by atoms with Gasteiger partial charge in [-0.2, -0.15) is 0 Å². The molecule has 0 aliphatic rings. The molecule has 0 bridgehead atoms. The molecule has 3 N–H and O–H groups in total. The van der Waals surface area contributed by atoms with Crippen molar-refractivity contribution in [3.63, 3.8) is 0 Å². The van der Waals surface area contributed by atoms with Crippen molar-refractivity contribution in [2.75, 3.05) is 5.48 Å². The maximum Gasteiger partial charge on any atom is 0.398 e. The van der Waals surface area contributed by atoms with Crippen LogP contribution in [-0.4, -0.2) is 17.7 Å². The first kappa shape index (κ1) is 14.4. The summed E-state index contributed by atoms with van der Waals surface area (Å²) >= 11 is 2.02. The van der Waals surface area contributed by atoms with Crippen LogP contribution in [0.25, 0.3) is 0 Å². The molecule has 0 spiro atoms. The van der Waals surface area contributed by atoms with Crippen LogP contribution in [0.15, 0.2) is 18.2 Å². The number of carbonyl (C=O) groups excluding carboxylic acids is 3. The molecule has 0 unspecified atom stereocenters. The Hall–Kier alpha value is -1.64. The largest absolute Gasteiger partial charge is 0.398 e. The average Bonchev–Trinajstić information content (AvgIpc) is 2.35. The highest BCUT2D eigenvalue weighted by Crippen LogP contribution is 2.18. The number of rotatable bonds is 5. The maximum atomic E-state index is 11.2. The number of anilines is 1. The molecule has 0 aliphatic carbocycles. The summed E-state index contributed by atoms with van der Waals surface area (Å²) in [5.41, 5.74) is 7.86. The lowest BCUT2D eigenvalue weighted by molar-refractivity contribution is -0.151. The van der Waals surface area contributed by atoms with E-state index >= 15 is 0 Å². The second kappa shape index (κ2) is 6.34. The molecule has 7 heteroatoms. The van der Waals surface area contributed by atoms with E-state index in [9.17, 15) is 14.4 Å². The van der Waals surface area contributed by atoms with Crippen LogP contribution in [0.3, 0.4) is 0 Å². The van der Waals surface area contributed by atoms with Gasteiger partial charge in [0.25, 0.3) is 5.91 Å². The van der Waals surface area contributed by atoms with E-state index in [0.29, 0.717) is 0 Å². The van der Waals surface area contributed by atoms with E-state index in [1.807, 2.05) is 22.6 Å². The van der Waals surface area contributed by atoms with Crippen molar-refractivity contribution >= 4 is 45.9 Å². The number of halogens is 1. The highest BCUT2D eigenvalue weighted by molar-refractivity contribution is 14.1. The number of Topliss-reactive ketones (excluding diaryl/α,β-unsaturated/α-hetero) is 1. The summed E-state index contributed by atoms with van der Waals surface area (Å²) in [7, 11) is 0. The summed E-state index contributed by atoms with van der Waals surface area (Å²) < 4.78 is 0.808. The Morgan fingerprint density at radius 3 is 2.61 bits per heavy atom. The molecule has 0 aliphatic heterocycles. The Morgan fingerprint density at radius 1 is 1.39 bits per heavy atom. The van der Waals surface area contributed by atoms with Gasteiger partial charge >= 0.3 is 5.97 Å². The van der Waals surface area contributed by atoms with Gasteiger partial charge in [0, 0.05) is 9.99 Å². The molecule has 0 atom stereocenters. The number of nitrogens with two attached hydrogens (primary N) is 1. The van der Waals surface area contributed by atoms with Gasteiger partial charge in [-0.05, 0) is 40.8 Å². The van der Waals surface area contributed by atoms with E-state index in [1.165, 1.54) is 6.07 Å². The SMILES string of the molecule is CCC(=O)C(=O)ONc1ccc(I)cc1C(N)=O. The van der Waals surface area contributed by atoms with Gasteiger partial charge in [-0.3, -0.25) is 9.59 Å². The van der Waals surface area contributed by atoms with Gasteiger partial charge in [-0.1, -0.05) is 6.92 Å². The van der Waals surface area contributed by atoms with E-state index in [0.717, 1.165) is 3.57 Å². The normalized spacial score (nSPS) is 9.67. The Bertz CT molecular complexity index is 502. The zero-order valence-corrected chi connectivity index (χ0v) is 11.7. The lowest BCUT2D eigenvalue weighted by Crippen LogP contribution is -2.21. The summed E-state index contributed by atoms with van der Waals surface area (Å²) in [4.78, 5) is 37.9. The Morgan fingerprint density at radius 2 is 2.06 bits per heavy atom. The van der Waals surface area contributed by atoms with E-state index in [-0.39, 0.29) is 17.7 Å².